The zero-order valence-electron chi connectivity index (χ0n) is 12.6. The van der Waals surface area contributed by atoms with Gasteiger partial charge in [0.05, 0.1) is 12.5 Å². The van der Waals surface area contributed by atoms with Crippen LogP contribution in [0.4, 0.5) is 4.39 Å². The van der Waals surface area contributed by atoms with E-state index in [0.29, 0.717) is 5.56 Å². The van der Waals surface area contributed by atoms with Crippen molar-refractivity contribution in [2.75, 3.05) is 0 Å². The van der Waals surface area contributed by atoms with Gasteiger partial charge in [-0.15, -0.1) is 0 Å². The SMILES string of the molecule is CCC(C)N1C(=O)CC(NC(C)c2ccccc2F)C1=O. The number of hydrogen-bond acceptors (Lipinski definition) is 3. The van der Waals surface area contributed by atoms with Gasteiger partial charge in [-0.2, -0.15) is 0 Å². The van der Waals surface area contributed by atoms with E-state index >= 15 is 0 Å². The van der Waals surface area contributed by atoms with Crippen LogP contribution in [0.15, 0.2) is 24.3 Å². The number of imide groups is 1. The highest BCUT2D eigenvalue weighted by molar-refractivity contribution is 6.05. The minimum absolute atomic E-state index is 0.0967. The predicted molar refractivity (Wildman–Crippen MR) is 78.0 cm³/mol. The quantitative estimate of drug-likeness (QED) is 0.848. The molecule has 0 aromatic heterocycles. The van der Waals surface area contributed by atoms with Gasteiger partial charge in [0.15, 0.2) is 0 Å². The second-order valence-corrected chi connectivity index (χ2v) is 5.53. The van der Waals surface area contributed by atoms with Crippen LogP contribution in [0, 0.1) is 5.82 Å². The zero-order chi connectivity index (χ0) is 15.6. The van der Waals surface area contributed by atoms with Crippen LogP contribution >= 0.6 is 0 Å². The summed E-state index contributed by atoms with van der Waals surface area (Å²) in [7, 11) is 0. The first kappa shape index (κ1) is 15.6. The number of hydrogen-bond donors (Lipinski definition) is 1. The van der Waals surface area contributed by atoms with Gasteiger partial charge in [-0.3, -0.25) is 19.8 Å². The normalized spacial score (nSPS) is 21.7. The van der Waals surface area contributed by atoms with Crippen LogP contribution in [0.1, 0.15) is 45.2 Å². The molecule has 0 radical (unpaired) electrons. The summed E-state index contributed by atoms with van der Waals surface area (Å²) in [5.74, 6) is -0.682. The molecule has 0 aliphatic carbocycles. The molecule has 2 rings (SSSR count). The number of benzene rings is 1. The number of amides is 2. The van der Waals surface area contributed by atoms with Crippen molar-refractivity contribution in [3.05, 3.63) is 35.6 Å². The maximum absolute atomic E-state index is 13.7. The average Bonchev–Trinajstić information content (AvgIpc) is 2.73. The summed E-state index contributed by atoms with van der Waals surface area (Å²) in [6.45, 7) is 5.59. The van der Waals surface area contributed by atoms with E-state index in [0.717, 1.165) is 6.42 Å². The summed E-state index contributed by atoms with van der Waals surface area (Å²) < 4.78 is 13.7. The molecule has 3 atom stereocenters. The first-order valence-corrected chi connectivity index (χ1v) is 7.32. The lowest BCUT2D eigenvalue weighted by molar-refractivity contribution is -0.141. The molecule has 1 N–H and O–H groups in total. The smallest absolute Gasteiger partial charge is 0.247 e. The van der Waals surface area contributed by atoms with E-state index in [9.17, 15) is 14.0 Å². The number of halogens is 1. The molecule has 21 heavy (non-hydrogen) atoms. The van der Waals surface area contributed by atoms with Gasteiger partial charge in [-0.05, 0) is 26.3 Å². The molecular weight excluding hydrogens is 271 g/mol. The molecule has 1 aliphatic rings. The van der Waals surface area contributed by atoms with Gasteiger partial charge < -0.3 is 0 Å². The van der Waals surface area contributed by atoms with Crippen LogP contribution < -0.4 is 5.32 Å². The number of likely N-dealkylation sites (tertiary alicyclic amines) is 1. The third kappa shape index (κ3) is 3.13. The number of carbonyl (C=O) groups excluding carboxylic acids is 2. The second kappa shape index (κ2) is 6.35. The van der Waals surface area contributed by atoms with E-state index in [1.807, 2.05) is 13.8 Å². The van der Waals surface area contributed by atoms with E-state index in [4.69, 9.17) is 0 Å². The van der Waals surface area contributed by atoms with E-state index in [1.165, 1.54) is 11.0 Å². The minimum atomic E-state index is -0.568. The molecule has 1 aromatic carbocycles. The molecule has 2 amide bonds. The largest absolute Gasteiger partial charge is 0.299 e. The van der Waals surface area contributed by atoms with Crippen molar-refractivity contribution < 1.29 is 14.0 Å². The van der Waals surface area contributed by atoms with Gasteiger partial charge >= 0.3 is 0 Å². The van der Waals surface area contributed by atoms with Gasteiger partial charge in [0.1, 0.15) is 5.82 Å². The van der Waals surface area contributed by atoms with Crippen molar-refractivity contribution in [1.29, 1.82) is 0 Å². The molecule has 1 aliphatic heterocycles. The molecule has 114 valence electrons. The summed E-state index contributed by atoms with van der Waals surface area (Å²) in [4.78, 5) is 25.6. The Labute approximate surface area is 124 Å². The van der Waals surface area contributed by atoms with Crippen molar-refractivity contribution >= 4 is 11.8 Å². The van der Waals surface area contributed by atoms with Crippen LogP contribution in [-0.2, 0) is 9.59 Å². The monoisotopic (exact) mass is 292 g/mol. The second-order valence-electron chi connectivity index (χ2n) is 5.53. The zero-order valence-corrected chi connectivity index (χ0v) is 12.6. The molecule has 1 aromatic rings. The van der Waals surface area contributed by atoms with Gasteiger partial charge in [0.25, 0.3) is 0 Å². The lowest BCUT2D eigenvalue weighted by atomic mass is 10.1. The minimum Gasteiger partial charge on any atom is -0.299 e. The van der Waals surface area contributed by atoms with Gasteiger partial charge in [-0.25, -0.2) is 4.39 Å². The topological polar surface area (TPSA) is 49.4 Å². The van der Waals surface area contributed by atoms with Crippen molar-refractivity contribution in [3.63, 3.8) is 0 Å². The highest BCUT2D eigenvalue weighted by atomic mass is 19.1. The third-order valence-electron chi connectivity index (χ3n) is 4.04. The fourth-order valence-corrected chi connectivity index (χ4v) is 2.64. The number of nitrogens with zero attached hydrogens (tertiary/aromatic N) is 1. The Morgan fingerprint density at radius 3 is 2.62 bits per heavy atom. The summed E-state index contributed by atoms with van der Waals surface area (Å²) >= 11 is 0. The summed E-state index contributed by atoms with van der Waals surface area (Å²) in [5, 5.41) is 3.07. The molecule has 0 bridgehead atoms. The number of nitrogens with one attached hydrogen (secondary N) is 1. The van der Waals surface area contributed by atoms with Crippen LogP contribution in [0.25, 0.3) is 0 Å². The van der Waals surface area contributed by atoms with Gasteiger partial charge in [0, 0.05) is 17.6 Å². The highest BCUT2D eigenvalue weighted by Gasteiger charge is 2.41. The fourth-order valence-electron chi connectivity index (χ4n) is 2.64. The van der Waals surface area contributed by atoms with Crippen molar-refractivity contribution in [3.8, 4) is 0 Å². The third-order valence-corrected chi connectivity index (χ3v) is 4.04. The van der Waals surface area contributed by atoms with Crippen LogP contribution in [0.5, 0.6) is 0 Å². The fraction of sp³-hybridized carbons (Fsp3) is 0.500. The molecule has 0 spiro atoms. The van der Waals surface area contributed by atoms with Crippen molar-refractivity contribution in [2.45, 2.75) is 51.7 Å². The lowest BCUT2D eigenvalue weighted by Crippen LogP contribution is -2.43. The highest BCUT2D eigenvalue weighted by Crippen LogP contribution is 2.22. The molecule has 0 saturated carbocycles. The summed E-state index contributed by atoms with van der Waals surface area (Å²) in [6.07, 6.45) is 0.870. The van der Waals surface area contributed by atoms with E-state index < -0.39 is 6.04 Å². The first-order chi connectivity index (χ1) is 9.95. The van der Waals surface area contributed by atoms with E-state index in [-0.39, 0.29) is 36.1 Å². The molecule has 4 nitrogen and oxygen atoms in total. The summed E-state index contributed by atoms with van der Waals surface area (Å²) in [5.41, 5.74) is 0.500. The molecule has 5 heteroatoms. The van der Waals surface area contributed by atoms with E-state index in [1.54, 1.807) is 25.1 Å². The molecule has 1 saturated heterocycles. The van der Waals surface area contributed by atoms with Crippen LogP contribution in [0.3, 0.4) is 0 Å². The Kier molecular flexibility index (Phi) is 4.73. The Morgan fingerprint density at radius 1 is 1.33 bits per heavy atom. The van der Waals surface area contributed by atoms with Crippen LogP contribution in [-0.4, -0.2) is 28.8 Å². The Bertz CT molecular complexity index is 547. The molecule has 3 unspecified atom stereocenters. The Morgan fingerprint density at radius 2 is 2.00 bits per heavy atom. The average molecular weight is 292 g/mol. The molecule has 1 fully saturated rings. The van der Waals surface area contributed by atoms with Gasteiger partial charge in [0.2, 0.25) is 11.8 Å². The Hall–Kier alpha value is -1.75. The van der Waals surface area contributed by atoms with Crippen LogP contribution in [0.2, 0.25) is 0 Å². The molecular formula is C16H21FN2O2. The van der Waals surface area contributed by atoms with E-state index in [2.05, 4.69) is 5.32 Å². The first-order valence-electron chi connectivity index (χ1n) is 7.32. The maximum atomic E-state index is 13.7. The predicted octanol–water partition coefficient (Wildman–Crippen LogP) is 2.40. The maximum Gasteiger partial charge on any atom is 0.247 e. The number of rotatable bonds is 5. The van der Waals surface area contributed by atoms with Crippen molar-refractivity contribution in [2.24, 2.45) is 0 Å². The molecule has 1 heterocycles. The summed E-state index contributed by atoms with van der Waals surface area (Å²) in [6, 6.07) is 5.46. The lowest BCUT2D eigenvalue weighted by Gasteiger charge is -2.23. The van der Waals surface area contributed by atoms with Crippen molar-refractivity contribution in [1.82, 2.24) is 10.2 Å². The number of carbonyl (C=O) groups is 2. The Balaban J connectivity index is 2.09. The standard InChI is InChI=1S/C16H21FN2O2/c1-4-10(2)19-15(20)9-14(16(19)21)18-11(3)12-7-5-6-8-13(12)17/h5-8,10-11,14,18H,4,9H2,1-3H3. The van der Waals surface area contributed by atoms with Gasteiger partial charge in [-0.1, -0.05) is 25.1 Å².